The SMILES string of the molecule is COC[C@H]1COc2cc(C=O)ccc2O1. The minimum absolute atomic E-state index is 0.0791. The molecule has 2 rings (SSSR count). The van der Waals surface area contributed by atoms with Crippen molar-refractivity contribution in [1.82, 2.24) is 0 Å². The van der Waals surface area contributed by atoms with Crippen LogP contribution in [0.15, 0.2) is 18.2 Å². The maximum atomic E-state index is 10.5. The molecule has 1 aromatic rings. The number of hydrogen-bond donors (Lipinski definition) is 0. The second kappa shape index (κ2) is 4.31. The summed E-state index contributed by atoms with van der Waals surface area (Å²) in [6.45, 7) is 0.942. The van der Waals surface area contributed by atoms with Crippen LogP contribution < -0.4 is 9.47 Å². The Hall–Kier alpha value is -1.55. The smallest absolute Gasteiger partial charge is 0.162 e. The molecule has 0 spiro atoms. The van der Waals surface area contributed by atoms with Crippen LogP contribution in [0, 0.1) is 0 Å². The molecule has 0 N–H and O–H groups in total. The summed E-state index contributed by atoms with van der Waals surface area (Å²) in [5, 5.41) is 0. The average Bonchev–Trinajstić information content (AvgIpc) is 2.29. The van der Waals surface area contributed by atoms with E-state index in [4.69, 9.17) is 14.2 Å². The Labute approximate surface area is 87.8 Å². The monoisotopic (exact) mass is 208 g/mol. The maximum Gasteiger partial charge on any atom is 0.162 e. The van der Waals surface area contributed by atoms with Crippen LogP contribution in [-0.4, -0.2) is 32.7 Å². The van der Waals surface area contributed by atoms with Crippen LogP contribution in [0.5, 0.6) is 11.5 Å². The van der Waals surface area contributed by atoms with Gasteiger partial charge in [0.15, 0.2) is 17.6 Å². The molecule has 0 fully saturated rings. The number of hydrogen-bond acceptors (Lipinski definition) is 4. The van der Waals surface area contributed by atoms with Gasteiger partial charge < -0.3 is 14.2 Å². The van der Waals surface area contributed by atoms with Gasteiger partial charge in [0.1, 0.15) is 12.9 Å². The summed E-state index contributed by atoms with van der Waals surface area (Å²) in [5.74, 6) is 1.28. The Balaban J connectivity index is 2.17. The standard InChI is InChI=1S/C11H12O4/c1-13-6-9-7-14-11-4-8(5-12)2-3-10(11)15-9/h2-5,9H,6-7H2,1H3/t9-/m0/s1. The number of methoxy groups -OCH3 is 1. The Morgan fingerprint density at radius 3 is 3.13 bits per heavy atom. The number of ether oxygens (including phenoxy) is 3. The summed E-state index contributed by atoms with van der Waals surface area (Å²) in [7, 11) is 1.62. The van der Waals surface area contributed by atoms with Crippen molar-refractivity contribution in [3.05, 3.63) is 23.8 Å². The van der Waals surface area contributed by atoms with E-state index in [0.717, 1.165) is 6.29 Å². The highest BCUT2D eigenvalue weighted by Crippen LogP contribution is 2.32. The van der Waals surface area contributed by atoms with E-state index in [0.29, 0.717) is 30.3 Å². The third kappa shape index (κ3) is 2.10. The summed E-state index contributed by atoms with van der Waals surface area (Å²) < 4.78 is 16.1. The molecule has 0 aliphatic carbocycles. The number of carbonyl (C=O) groups excluding carboxylic acids is 1. The molecule has 1 aromatic carbocycles. The van der Waals surface area contributed by atoms with Crippen LogP contribution in [0.1, 0.15) is 10.4 Å². The molecule has 0 saturated heterocycles. The predicted molar refractivity (Wildman–Crippen MR) is 53.6 cm³/mol. The molecule has 0 amide bonds. The molecular weight excluding hydrogens is 196 g/mol. The van der Waals surface area contributed by atoms with E-state index in [-0.39, 0.29) is 6.10 Å². The summed E-state index contributed by atoms with van der Waals surface area (Å²) in [4.78, 5) is 10.5. The van der Waals surface area contributed by atoms with Gasteiger partial charge in [-0.05, 0) is 18.2 Å². The zero-order valence-corrected chi connectivity index (χ0v) is 8.43. The Morgan fingerprint density at radius 1 is 1.53 bits per heavy atom. The molecule has 0 aromatic heterocycles. The molecule has 0 radical (unpaired) electrons. The molecule has 0 saturated carbocycles. The number of rotatable bonds is 3. The molecule has 4 nitrogen and oxygen atoms in total. The lowest BCUT2D eigenvalue weighted by atomic mass is 10.2. The average molecular weight is 208 g/mol. The number of fused-ring (bicyclic) bond motifs is 1. The van der Waals surface area contributed by atoms with E-state index in [1.165, 1.54) is 0 Å². The van der Waals surface area contributed by atoms with Crippen molar-refractivity contribution in [2.45, 2.75) is 6.10 Å². The van der Waals surface area contributed by atoms with Crippen molar-refractivity contribution in [3.8, 4) is 11.5 Å². The van der Waals surface area contributed by atoms with Crippen molar-refractivity contribution in [2.75, 3.05) is 20.3 Å². The number of benzene rings is 1. The molecular formula is C11H12O4. The van der Waals surface area contributed by atoms with E-state index in [2.05, 4.69) is 0 Å². The van der Waals surface area contributed by atoms with Gasteiger partial charge in [-0.1, -0.05) is 0 Å². The highest BCUT2D eigenvalue weighted by atomic mass is 16.6. The zero-order valence-electron chi connectivity index (χ0n) is 8.43. The van der Waals surface area contributed by atoms with Crippen molar-refractivity contribution in [1.29, 1.82) is 0 Å². The molecule has 1 aliphatic rings. The van der Waals surface area contributed by atoms with Crippen LogP contribution in [-0.2, 0) is 4.74 Å². The van der Waals surface area contributed by atoms with Crippen molar-refractivity contribution < 1.29 is 19.0 Å². The molecule has 15 heavy (non-hydrogen) atoms. The minimum Gasteiger partial charge on any atom is -0.486 e. The van der Waals surface area contributed by atoms with Crippen LogP contribution in [0.2, 0.25) is 0 Å². The van der Waals surface area contributed by atoms with Gasteiger partial charge in [-0.15, -0.1) is 0 Å². The Kier molecular flexibility index (Phi) is 2.87. The molecule has 1 aliphatic heterocycles. The lowest BCUT2D eigenvalue weighted by Crippen LogP contribution is -2.32. The van der Waals surface area contributed by atoms with E-state index in [1.54, 1.807) is 25.3 Å². The van der Waals surface area contributed by atoms with E-state index < -0.39 is 0 Å². The molecule has 0 bridgehead atoms. The van der Waals surface area contributed by atoms with Gasteiger partial charge in [-0.25, -0.2) is 0 Å². The van der Waals surface area contributed by atoms with Gasteiger partial charge in [0, 0.05) is 12.7 Å². The second-order valence-electron chi connectivity index (χ2n) is 3.33. The van der Waals surface area contributed by atoms with Crippen LogP contribution in [0.25, 0.3) is 0 Å². The van der Waals surface area contributed by atoms with Gasteiger partial charge >= 0.3 is 0 Å². The zero-order chi connectivity index (χ0) is 10.7. The third-order valence-corrected chi connectivity index (χ3v) is 2.17. The van der Waals surface area contributed by atoms with Gasteiger partial charge in [0.05, 0.1) is 6.61 Å². The normalized spacial score (nSPS) is 18.6. The summed E-state index contributed by atoms with van der Waals surface area (Å²) in [6, 6.07) is 5.11. The quantitative estimate of drug-likeness (QED) is 0.702. The van der Waals surface area contributed by atoms with Crippen molar-refractivity contribution >= 4 is 6.29 Å². The van der Waals surface area contributed by atoms with Crippen molar-refractivity contribution in [3.63, 3.8) is 0 Å². The first kappa shape index (κ1) is 9.98. The molecule has 0 unspecified atom stereocenters. The Bertz CT molecular complexity index is 362. The first-order chi connectivity index (χ1) is 7.33. The number of carbonyl (C=O) groups is 1. The molecule has 80 valence electrons. The van der Waals surface area contributed by atoms with E-state index in [1.807, 2.05) is 0 Å². The van der Waals surface area contributed by atoms with Crippen molar-refractivity contribution in [2.24, 2.45) is 0 Å². The summed E-state index contributed by atoms with van der Waals surface area (Å²) in [6.07, 6.45) is 0.704. The molecule has 4 heteroatoms. The third-order valence-electron chi connectivity index (χ3n) is 2.17. The predicted octanol–water partition coefficient (Wildman–Crippen LogP) is 1.29. The topological polar surface area (TPSA) is 44.8 Å². The summed E-state index contributed by atoms with van der Waals surface area (Å²) in [5.41, 5.74) is 0.586. The van der Waals surface area contributed by atoms with E-state index >= 15 is 0 Å². The number of aldehydes is 1. The highest BCUT2D eigenvalue weighted by molar-refractivity contribution is 5.76. The molecule has 1 heterocycles. The fourth-order valence-corrected chi connectivity index (χ4v) is 1.47. The van der Waals surface area contributed by atoms with Crippen LogP contribution >= 0.6 is 0 Å². The van der Waals surface area contributed by atoms with Gasteiger partial charge in [0.2, 0.25) is 0 Å². The fraction of sp³-hybridized carbons (Fsp3) is 0.364. The lowest BCUT2D eigenvalue weighted by Gasteiger charge is -2.26. The highest BCUT2D eigenvalue weighted by Gasteiger charge is 2.20. The largest absolute Gasteiger partial charge is 0.486 e. The van der Waals surface area contributed by atoms with Gasteiger partial charge in [-0.3, -0.25) is 4.79 Å². The minimum atomic E-state index is -0.0791. The fourth-order valence-electron chi connectivity index (χ4n) is 1.47. The first-order valence-electron chi connectivity index (χ1n) is 4.71. The van der Waals surface area contributed by atoms with E-state index in [9.17, 15) is 4.79 Å². The maximum absolute atomic E-state index is 10.5. The lowest BCUT2D eigenvalue weighted by molar-refractivity contribution is 0.0272. The van der Waals surface area contributed by atoms with Gasteiger partial charge in [-0.2, -0.15) is 0 Å². The second-order valence-corrected chi connectivity index (χ2v) is 3.33. The van der Waals surface area contributed by atoms with Crippen LogP contribution in [0.4, 0.5) is 0 Å². The first-order valence-corrected chi connectivity index (χ1v) is 4.71. The summed E-state index contributed by atoms with van der Waals surface area (Å²) >= 11 is 0. The van der Waals surface area contributed by atoms with Crippen LogP contribution in [0.3, 0.4) is 0 Å². The Morgan fingerprint density at radius 2 is 2.40 bits per heavy atom. The molecule has 1 atom stereocenters. The van der Waals surface area contributed by atoms with Gasteiger partial charge in [0.25, 0.3) is 0 Å².